The molecule has 0 saturated heterocycles. The predicted octanol–water partition coefficient (Wildman–Crippen LogP) is 3.63. The zero-order valence-electron chi connectivity index (χ0n) is 14.2. The highest BCUT2D eigenvalue weighted by molar-refractivity contribution is 6.04. The number of amides is 2. The summed E-state index contributed by atoms with van der Waals surface area (Å²) in [6, 6.07) is 7.73. The van der Waals surface area contributed by atoms with Crippen LogP contribution in [-0.4, -0.2) is 21.8 Å². The Balaban J connectivity index is 1.83. The third-order valence-electron chi connectivity index (χ3n) is 3.57. The molecule has 0 saturated carbocycles. The maximum atomic E-state index is 13.7. The van der Waals surface area contributed by atoms with Gasteiger partial charge < -0.3 is 10.6 Å². The number of nitrogens with zero attached hydrogens (tertiary/aromatic N) is 2. The number of carbonyl (C=O) groups is 2. The molecule has 0 bridgehead atoms. The van der Waals surface area contributed by atoms with Crippen molar-refractivity contribution >= 4 is 23.3 Å². The van der Waals surface area contributed by atoms with Crippen molar-refractivity contribution in [2.75, 3.05) is 10.6 Å². The summed E-state index contributed by atoms with van der Waals surface area (Å²) in [5, 5.41) is 5.11. The van der Waals surface area contributed by atoms with E-state index >= 15 is 0 Å². The zero-order chi connectivity index (χ0) is 19.4. The number of nitrogens with one attached hydrogen (secondary N) is 2. The third-order valence-corrected chi connectivity index (χ3v) is 3.57. The van der Waals surface area contributed by atoms with Crippen molar-refractivity contribution < 1.29 is 18.4 Å². The number of hydrogen-bond donors (Lipinski definition) is 2. The first-order valence-electron chi connectivity index (χ1n) is 7.88. The van der Waals surface area contributed by atoms with E-state index in [1.54, 1.807) is 24.4 Å². The molecule has 2 N–H and O–H groups in total. The molecule has 0 fully saturated rings. The van der Waals surface area contributed by atoms with Crippen molar-refractivity contribution in [1.29, 1.82) is 0 Å². The van der Waals surface area contributed by atoms with Gasteiger partial charge in [0.1, 0.15) is 17.5 Å². The summed E-state index contributed by atoms with van der Waals surface area (Å²) < 4.78 is 26.7. The van der Waals surface area contributed by atoms with Gasteiger partial charge >= 0.3 is 0 Å². The molecule has 0 aliphatic rings. The lowest BCUT2D eigenvalue weighted by Gasteiger charge is -2.09. The molecule has 2 amide bonds. The number of benzene rings is 1. The molecule has 3 aromatic rings. The minimum absolute atomic E-state index is 0.250. The van der Waals surface area contributed by atoms with Crippen LogP contribution >= 0.6 is 0 Å². The van der Waals surface area contributed by atoms with Crippen molar-refractivity contribution in [3.63, 3.8) is 0 Å². The normalized spacial score (nSPS) is 10.3. The van der Waals surface area contributed by atoms with Crippen LogP contribution < -0.4 is 10.6 Å². The highest BCUT2D eigenvalue weighted by atomic mass is 19.1. The Labute approximate surface area is 153 Å². The molecule has 0 spiro atoms. The van der Waals surface area contributed by atoms with E-state index in [0.717, 1.165) is 12.1 Å². The molecule has 0 aliphatic carbocycles. The number of anilines is 2. The van der Waals surface area contributed by atoms with Crippen LogP contribution in [0.4, 0.5) is 20.3 Å². The van der Waals surface area contributed by atoms with E-state index in [1.165, 1.54) is 19.3 Å². The first kappa shape index (κ1) is 18.1. The Bertz CT molecular complexity index is 1020. The fourth-order valence-electron chi connectivity index (χ4n) is 2.40. The molecule has 0 unspecified atom stereocenters. The average molecular weight is 368 g/mol. The van der Waals surface area contributed by atoms with Gasteiger partial charge in [0.2, 0.25) is 5.91 Å². The lowest BCUT2D eigenvalue weighted by atomic mass is 10.1. The molecule has 2 aromatic heterocycles. The van der Waals surface area contributed by atoms with Gasteiger partial charge in [0.15, 0.2) is 0 Å². The van der Waals surface area contributed by atoms with E-state index in [1.807, 2.05) is 0 Å². The standard InChI is InChI=1S/C19H14F2N4O2/c1-11(26)24-18-7-12(4-5-23-18)13-6-15(10-22-9-13)25-19(27)16-3-2-14(20)8-17(16)21/h2-10H,1H3,(H,25,27)(H,23,24,26). The number of pyridine rings is 2. The Kier molecular flexibility index (Phi) is 5.16. The monoisotopic (exact) mass is 368 g/mol. The molecular formula is C19H14F2N4O2. The van der Waals surface area contributed by atoms with Gasteiger partial charge in [0.05, 0.1) is 17.4 Å². The highest BCUT2D eigenvalue weighted by Crippen LogP contribution is 2.23. The van der Waals surface area contributed by atoms with Gasteiger partial charge in [-0.1, -0.05) is 0 Å². The maximum Gasteiger partial charge on any atom is 0.258 e. The van der Waals surface area contributed by atoms with Crippen LogP contribution in [0.3, 0.4) is 0 Å². The van der Waals surface area contributed by atoms with Crippen LogP contribution in [0.2, 0.25) is 0 Å². The first-order valence-corrected chi connectivity index (χ1v) is 7.88. The summed E-state index contributed by atoms with van der Waals surface area (Å²) in [6.45, 7) is 1.38. The van der Waals surface area contributed by atoms with Crippen LogP contribution in [0.15, 0.2) is 55.0 Å². The fraction of sp³-hybridized carbons (Fsp3) is 0.0526. The van der Waals surface area contributed by atoms with Crippen LogP contribution in [0.25, 0.3) is 11.1 Å². The zero-order valence-corrected chi connectivity index (χ0v) is 14.2. The van der Waals surface area contributed by atoms with Crippen molar-refractivity contribution in [3.05, 3.63) is 72.2 Å². The molecule has 2 heterocycles. The van der Waals surface area contributed by atoms with E-state index in [2.05, 4.69) is 20.6 Å². The number of halogens is 2. The van der Waals surface area contributed by atoms with E-state index in [9.17, 15) is 18.4 Å². The lowest BCUT2D eigenvalue weighted by Crippen LogP contribution is -2.14. The summed E-state index contributed by atoms with van der Waals surface area (Å²) in [6.07, 6.45) is 4.50. The first-order chi connectivity index (χ1) is 12.9. The summed E-state index contributed by atoms with van der Waals surface area (Å²) in [5.41, 5.74) is 1.42. The largest absolute Gasteiger partial charge is 0.320 e. The molecule has 6 nitrogen and oxygen atoms in total. The number of carbonyl (C=O) groups excluding carboxylic acids is 2. The van der Waals surface area contributed by atoms with Crippen LogP contribution in [-0.2, 0) is 4.79 Å². The van der Waals surface area contributed by atoms with Crippen molar-refractivity contribution in [1.82, 2.24) is 9.97 Å². The Morgan fingerprint density at radius 1 is 0.963 bits per heavy atom. The molecule has 3 rings (SSSR count). The van der Waals surface area contributed by atoms with E-state index in [4.69, 9.17) is 0 Å². The van der Waals surface area contributed by atoms with Crippen molar-refractivity contribution in [2.24, 2.45) is 0 Å². The van der Waals surface area contributed by atoms with E-state index in [0.29, 0.717) is 28.7 Å². The van der Waals surface area contributed by atoms with Crippen LogP contribution in [0.5, 0.6) is 0 Å². The van der Waals surface area contributed by atoms with Crippen LogP contribution in [0.1, 0.15) is 17.3 Å². The third kappa shape index (κ3) is 4.49. The van der Waals surface area contributed by atoms with E-state index < -0.39 is 17.5 Å². The van der Waals surface area contributed by atoms with Gasteiger partial charge in [0.25, 0.3) is 5.91 Å². The number of hydrogen-bond acceptors (Lipinski definition) is 4. The van der Waals surface area contributed by atoms with Crippen LogP contribution in [0, 0.1) is 11.6 Å². The Morgan fingerprint density at radius 2 is 1.78 bits per heavy atom. The minimum atomic E-state index is -0.953. The molecule has 0 aliphatic heterocycles. The van der Waals surface area contributed by atoms with E-state index in [-0.39, 0.29) is 11.5 Å². The molecule has 0 atom stereocenters. The van der Waals surface area contributed by atoms with Crippen molar-refractivity contribution in [3.8, 4) is 11.1 Å². The maximum absolute atomic E-state index is 13.7. The fourth-order valence-corrected chi connectivity index (χ4v) is 2.40. The van der Waals surface area contributed by atoms with Gasteiger partial charge in [-0.2, -0.15) is 0 Å². The molecule has 136 valence electrons. The highest BCUT2D eigenvalue weighted by Gasteiger charge is 2.13. The van der Waals surface area contributed by atoms with Gasteiger partial charge in [-0.05, 0) is 35.9 Å². The lowest BCUT2D eigenvalue weighted by molar-refractivity contribution is -0.114. The summed E-state index contributed by atoms with van der Waals surface area (Å²) in [4.78, 5) is 31.5. The second-order valence-electron chi connectivity index (χ2n) is 5.65. The topological polar surface area (TPSA) is 84.0 Å². The molecule has 0 radical (unpaired) electrons. The predicted molar refractivity (Wildman–Crippen MR) is 96.1 cm³/mol. The molecule has 1 aromatic carbocycles. The minimum Gasteiger partial charge on any atom is -0.320 e. The molecular weight excluding hydrogens is 354 g/mol. The number of aromatic nitrogens is 2. The summed E-state index contributed by atoms with van der Waals surface area (Å²) >= 11 is 0. The van der Waals surface area contributed by atoms with Gasteiger partial charge in [-0.3, -0.25) is 14.6 Å². The van der Waals surface area contributed by atoms with Gasteiger partial charge in [-0.25, -0.2) is 13.8 Å². The quantitative estimate of drug-likeness (QED) is 0.737. The van der Waals surface area contributed by atoms with Crippen molar-refractivity contribution in [2.45, 2.75) is 6.92 Å². The second kappa shape index (κ2) is 7.69. The SMILES string of the molecule is CC(=O)Nc1cc(-c2cncc(NC(=O)c3ccc(F)cc3F)c2)ccn1. The smallest absolute Gasteiger partial charge is 0.258 e. The Morgan fingerprint density at radius 3 is 2.52 bits per heavy atom. The molecule has 8 heteroatoms. The van der Waals surface area contributed by atoms with Gasteiger partial charge in [0, 0.05) is 30.9 Å². The number of rotatable bonds is 4. The van der Waals surface area contributed by atoms with Gasteiger partial charge in [-0.15, -0.1) is 0 Å². The Hall–Kier alpha value is -3.68. The second-order valence-corrected chi connectivity index (χ2v) is 5.65. The summed E-state index contributed by atoms with van der Waals surface area (Å²) in [7, 11) is 0. The average Bonchev–Trinajstić information content (AvgIpc) is 2.61. The summed E-state index contributed by atoms with van der Waals surface area (Å²) in [5.74, 6) is -2.31. The molecule has 27 heavy (non-hydrogen) atoms.